The highest BCUT2D eigenvalue weighted by atomic mass is 35.5. The summed E-state index contributed by atoms with van der Waals surface area (Å²) in [5.41, 5.74) is 2.82. The van der Waals surface area contributed by atoms with Gasteiger partial charge in [0, 0.05) is 16.3 Å². The first-order valence-corrected chi connectivity index (χ1v) is 10.2. The number of nitrogens with one attached hydrogen (secondary N) is 2. The van der Waals surface area contributed by atoms with E-state index >= 15 is 0 Å². The first kappa shape index (κ1) is 21.9. The first-order valence-electron chi connectivity index (χ1n) is 9.43. The van der Waals surface area contributed by atoms with Crippen molar-refractivity contribution in [1.82, 2.24) is 10.6 Å². The molecule has 1 aliphatic heterocycles. The molecule has 0 saturated carbocycles. The zero-order valence-electron chi connectivity index (χ0n) is 17.0. The standard InChI is InChI=1S/C22H23ClN2O4S/c1-4-28-21(26)19-13(2)24-22(30)25-20(19)14-5-10-18(27-3)15(11-14)12-29-17-8-6-16(23)7-9-17/h5-11,20H,4,12H2,1-3H3,(H2,24,25,30)/t20-/m0/s1. The summed E-state index contributed by atoms with van der Waals surface area (Å²) in [4.78, 5) is 12.6. The van der Waals surface area contributed by atoms with Crippen LogP contribution in [0.5, 0.6) is 11.5 Å². The van der Waals surface area contributed by atoms with E-state index in [1.54, 1.807) is 45.2 Å². The third-order valence-corrected chi connectivity index (χ3v) is 5.08. The summed E-state index contributed by atoms with van der Waals surface area (Å²) < 4.78 is 16.6. The summed E-state index contributed by atoms with van der Waals surface area (Å²) >= 11 is 11.2. The summed E-state index contributed by atoms with van der Waals surface area (Å²) in [6.45, 7) is 4.15. The van der Waals surface area contributed by atoms with Crippen molar-refractivity contribution in [1.29, 1.82) is 0 Å². The van der Waals surface area contributed by atoms with Gasteiger partial charge in [-0.25, -0.2) is 4.79 Å². The lowest BCUT2D eigenvalue weighted by molar-refractivity contribution is -0.139. The van der Waals surface area contributed by atoms with Crippen LogP contribution < -0.4 is 20.1 Å². The van der Waals surface area contributed by atoms with Crippen molar-refractivity contribution in [3.05, 3.63) is 69.9 Å². The summed E-state index contributed by atoms with van der Waals surface area (Å²) in [5, 5.41) is 7.25. The molecule has 8 heteroatoms. The van der Waals surface area contributed by atoms with Crippen LogP contribution in [-0.4, -0.2) is 24.8 Å². The highest BCUT2D eigenvalue weighted by molar-refractivity contribution is 7.80. The normalized spacial score (nSPS) is 15.9. The Morgan fingerprint density at radius 1 is 1.20 bits per heavy atom. The van der Waals surface area contributed by atoms with Crippen LogP contribution in [0.25, 0.3) is 0 Å². The molecule has 30 heavy (non-hydrogen) atoms. The molecule has 1 atom stereocenters. The summed E-state index contributed by atoms with van der Waals surface area (Å²) in [6.07, 6.45) is 0. The van der Waals surface area contributed by atoms with Crippen molar-refractivity contribution in [3.8, 4) is 11.5 Å². The van der Waals surface area contributed by atoms with Gasteiger partial charge in [0.1, 0.15) is 18.1 Å². The van der Waals surface area contributed by atoms with E-state index in [1.165, 1.54) is 0 Å². The molecule has 158 valence electrons. The van der Waals surface area contributed by atoms with Crippen molar-refractivity contribution in [2.45, 2.75) is 26.5 Å². The number of allylic oxidation sites excluding steroid dienone is 1. The van der Waals surface area contributed by atoms with Gasteiger partial charge >= 0.3 is 5.97 Å². The molecule has 2 aromatic carbocycles. The van der Waals surface area contributed by atoms with Gasteiger partial charge < -0.3 is 24.8 Å². The molecule has 6 nitrogen and oxygen atoms in total. The second-order valence-corrected chi connectivity index (χ2v) is 7.45. The molecule has 2 aromatic rings. The number of ether oxygens (including phenoxy) is 3. The van der Waals surface area contributed by atoms with Gasteiger partial charge in [-0.3, -0.25) is 0 Å². The Balaban J connectivity index is 1.91. The fourth-order valence-electron chi connectivity index (χ4n) is 3.21. The maximum absolute atomic E-state index is 12.6. The molecule has 2 N–H and O–H groups in total. The van der Waals surface area contributed by atoms with Crippen LogP contribution in [0.15, 0.2) is 53.7 Å². The molecule has 0 spiro atoms. The van der Waals surface area contributed by atoms with Crippen LogP contribution in [0.2, 0.25) is 5.02 Å². The number of benzene rings is 2. The molecule has 0 aromatic heterocycles. The van der Waals surface area contributed by atoms with Crippen molar-refractivity contribution in [3.63, 3.8) is 0 Å². The van der Waals surface area contributed by atoms with Gasteiger partial charge in [0.05, 0.1) is 25.3 Å². The summed E-state index contributed by atoms with van der Waals surface area (Å²) in [7, 11) is 1.60. The minimum atomic E-state index is -0.446. The molecule has 0 aliphatic carbocycles. The molecule has 0 amide bonds. The average molecular weight is 447 g/mol. The van der Waals surface area contributed by atoms with Gasteiger partial charge in [-0.2, -0.15) is 0 Å². The SMILES string of the molecule is CCOC(=O)C1=C(C)NC(=S)N[C@H]1c1ccc(OC)c(COc2ccc(Cl)cc2)c1. The topological polar surface area (TPSA) is 68.8 Å². The summed E-state index contributed by atoms with van der Waals surface area (Å²) in [5.74, 6) is 0.982. The Morgan fingerprint density at radius 3 is 2.60 bits per heavy atom. The van der Waals surface area contributed by atoms with Gasteiger partial charge in [-0.15, -0.1) is 0 Å². The van der Waals surface area contributed by atoms with Crippen LogP contribution in [-0.2, 0) is 16.1 Å². The lowest BCUT2D eigenvalue weighted by Gasteiger charge is -2.30. The zero-order valence-corrected chi connectivity index (χ0v) is 18.5. The second-order valence-electron chi connectivity index (χ2n) is 6.60. The largest absolute Gasteiger partial charge is 0.496 e. The molecule has 0 saturated heterocycles. The Kier molecular flexibility index (Phi) is 7.18. The van der Waals surface area contributed by atoms with Crippen molar-refractivity contribution in [2.24, 2.45) is 0 Å². The monoisotopic (exact) mass is 446 g/mol. The number of carbonyl (C=O) groups excluding carboxylic acids is 1. The average Bonchev–Trinajstić information content (AvgIpc) is 2.72. The molecule has 0 unspecified atom stereocenters. The van der Waals surface area contributed by atoms with E-state index in [0.717, 1.165) is 11.1 Å². The second kappa shape index (κ2) is 9.82. The molecule has 0 fully saturated rings. The maximum Gasteiger partial charge on any atom is 0.338 e. The van der Waals surface area contributed by atoms with Crippen molar-refractivity contribution in [2.75, 3.05) is 13.7 Å². The van der Waals surface area contributed by atoms with Gasteiger partial charge in [-0.05, 0) is 68.0 Å². The van der Waals surface area contributed by atoms with Gasteiger partial charge in [-0.1, -0.05) is 17.7 Å². The quantitative estimate of drug-likeness (QED) is 0.485. The van der Waals surface area contributed by atoms with E-state index in [-0.39, 0.29) is 13.2 Å². The van der Waals surface area contributed by atoms with Crippen LogP contribution in [0.4, 0.5) is 0 Å². The van der Waals surface area contributed by atoms with Crippen molar-refractivity contribution >= 4 is 34.9 Å². The fraction of sp³-hybridized carbons (Fsp3) is 0.273. The molecule has 1 aliphatic rings. The third kappa shape index (κ3) is 5.04. The number of esters is 1. The van der Waals surface area contributed by atoms with Crippen LogP contribution in [0.3, 0.4) is 0 Å². The third-order valence-electron chi connectivity index (χ3n) is 4.61. The van der Waals surface area contributed by atoms with Gasteiger partial charge in [0.2, 0.25) is 0 Å². The predicted octanol–water partition coefficient (Wildman–Crippen LogP) is 4.28. The zero-order chi connectivity index (χ0) is 21.7. The Morgan fingerprint density at radius 2 is 1.93 bits per heavy atom. The van der Waals surface area contributed by atoms with Gasteiger partial charge in [0.25, 0.3) is 0 Å². The number of hydrogen-bond acceptors (Lipinski definition) is 5. The van der Waals surface area contributed by atoms with Crippen molar-refractivity contribution < 1.29 is 19.0 Å². The molecule has 0 bridgehead atoms. The van der Waals surface area contributed by atoms with Gasteiger partial charge in [0.15, 0.2) is 5.11 Å². The minimum Gasteiger partial charge on any atom is -0.496 e. The fourth-order valence-corrected chi connectivity index (χ4v) is 3.60. The van der Waals surface area contributed by atoms with E-state index in [1.807, 2.05) is 18.2 Å². The number of carbonyl (C=O) groups is 1. The number of methoxy groups -OCH3 is 1. The van der Waals surface area contributed by atoms with Crippen LogP contribution in [0, 0.1) is 0 Å². The summed E-state index contributed by atoms with van der Waals surface area (Å²) in [6, 6.07) is 12.4. The lowest BCUT2D eigenvalue weighted by atomic mass is 9.94. The number of thiocarbonyl (C=S) groups is 1. The Hall–Kier alpha value is -2.77. The molecular weight excluding hydrogens is 424 g/mol. The van der Waals surface area contributed by atoms with E-state index in [0.29, 0.717) is 32.9 Å². The molecule has 0 radical (unpaired) electrons. The predicted molar refractivity (Wildman–Crippen MR) is 120 cm³/mol. The molecule has 3 rings (SSSR count). The van der Waals surface area contributed by atoms with E-state index in [9.17, 15) is 4.79 Å². The Labute approximate surface area is 186 Å². The lowest BCUT2D eigenvalue weighted by Crippen LogP contribution is -2.45. The Bertz CT molecular complexity index is 976. The number of hydrogen-bond donors (Lipinski definition) is 2. The number of rotatable bonds is 7. The van der Waals surface area contributed by atoms with E-state index in [4.69, 9.17) is 38.0 Å². The molecule has 1 heterocycles. The maximum atomic E-state index is 12.6. The van der Waals surface area contributed by atoms with E-state index in [2.05, 4.69) is 10.6 Å². The highest BCUT2D eigenvalue weighted by Crippen LogP contribution is 2.31. The molecular formula is C22H23ClN2O4S. The minimum absolute atomic E-state index is 0.283. The van der Waals surface area contributed by atoms with Crippen LogP contribution >= 0.6 is 23.8 Å². The van der Waals surface area contributed by atoms with E-state index < -0.39 is 12.0 Å². The first-order chi connectivity index (χ1) is 14.4. The highest BCUT2D eigenvalue weighted by Gasteiger charge is 2.31. The number of halogens is 1. The smallest absolute Gasteiger partial charge is 0.338 e. The van der Waals surface area contributed by atoms with Crippen LogP contribution in [0.1, 0.15) is 31.0 Å².